The number of benzene rings is 2. The number of fused-ring (bicyclic) bond motifs is 2. The lowest BCUT2D eigenvalue weighted by molar-refractivity contribution is 0.691. The molecule has 39 heavy (non-hydrogen) atoms. The first-order chi connectivity index (χ1) is 19.3. The molecule has 5 heterocycles. The molecule has 0 saturated heterocycles. The van der Waals surface area contributed by atoms with E-state index in [0.29, 0.717) is 5.82 Å². The van der Waals surface area contributed by atoms with Gasteiger partial charge in [-0.3, -0.25) is 20.1 Å². The molecular formula is C31H24N8. The van der Waals surface area contributed by atoms with E-state index in [9.17, 15) is 0 Å². The Morgan fingerprint density at radius 2 is 1.59 bits per heavy atom. The van der Waals surface area contributed by atoms with Crippen LogP contribution in [0.15, 0.2) is 104 Å². The molecule has 0 amide bonds. The summed E-state index contributed by atoms with van der Waals surface area (Å²) in [6, 6.07) is 26.5. The van der Waals surface area contributed by atoms with E-state index in [4.69, 9.17) is 4.98 Å². The molecule has 8 nitrogen and oxygen atoms in total. The van der Waals surface area contributed by atoms with Crippen molar-refractivity contribution in [2.45, 2.75) is 13.1 Å². The summed E-state index contributed by atoms with van der Waals surface area (Å²) >= 11 is 0. The first-order valence-corrected chi connectivity index (χ1v) is 12.8. The van der Waals surface area contributed by atoms with E-state index in [0.717, 1.165) is 68.8 Å². The van der Waals surface area contributed by atoms with E-state index in [1.165, 1.54) is 5.56 Å². The van der Waals surface area contributed by atoms with Crippen molar-refractivity contribution >= 4 is 21.9 Å². The Morgan fingerprint density at radius 1 is 0.692 bits per heavy atom. The summed E-state index contributed by atoms with van der Waals surface area (Å²) in [5.41, 5.74) is 9.35. The van der Waals surface area contributed by atoms with Gasteiger partial charge in [-0.1, -0.05) is 42.5 Å². The molecular weight excluding hydrogens is 484 g/mol. The maximum absolute atomic E-state index is 4.90. The second kappa shape index (κ2) is 9.92. The van der Waals surface area contributed by atoms with Crippen molar-refractivity contribution in [2.75, 3.05) is 0 Å². The summed E-state index contributed by atoms with van der Waals surface area (Å²) < 4.78 is 0. The maximum Gasteiger partial charge on any atom is 0.159 e. The molecule has 0 saturated carbocycles. The van der Waals surface area contributed by atoms with Crippen molar-refractivity contribution in [3.8, 4) is 34.0 Å². The molecule has 0 unspecified atom stereocenters. The van der Waals surface area contributed by atoms with E-state index in [2.05, 4.69) is 77.9 Å². The normalized spacial score (nSPS) is 11.4. The van der Waals surface area contributed by atoms with Gasteiger partial charge in [0.25, 0.3) is 0 Å². The lowest BCUT2D eigenvalue weighted by Gasteiger charge is -2.07. The van der Waals surface area contributed by atoms with Crippen molar-refractivity contribution in [3.63, 3.8) is 0 Å². The average molecular weight is 509 g/mol. The number of pyridine rings is 3. The number of hydrogen-bond donors (Lipinski definition) is 3. The van der Waals surface area contributed by atoms with Crippen LogP contribution in [0, 0.1) is 0 Å². The number of nitrogens with one attached hydrogen (secondary N) is 3. The summed E-state index contributed by atoms with van der Waals surface area (Å²) in [7, 11) is 0. The third-order valence-electron chi connectivity index (χ3n) is 6.72. The molecule has 0 aliphatic carbocycles. The van der Waals surface area contributed by atoms with Gasteiger partial charge in [0, 0.05) is 48.8 Å². The summed E-state index contributed by atoms with van der Waals surface area (Å²) in [4.78, 5) is 21.8. The SMILES string of the molecule is c1ccc(CNCc2cncc(-c3ccc4[nH]nc(-c5nc6c(-c7ccccn7)nccc6[nH]5)c4c3)c2)cc1. The number of hydrogen-bond acceptors (Lipinski definition) is 6. The molecule has 2 aromatic carbocycles. The molecule has 0 radical (unpaired) electrons. The zero-order valence-electron chi connectivity index (χ0n) is 21.0. The van der Waals surface area contributed by atoms with Crippen molar-refractivity contribution in [2.24, 2.45) is 0 Å². The van der Waals surface area contributed by atoms with Gasteiger partial charge in [-0.15, -0.1) is 0 Å². The highest BCUT2D eigenvalue weighted by molar-refractivity contribution is 5.97. The Bertz CT molecular complexity index is 1890. The fourth-order valence-corrected chi connectivity index (χ4v) is 4.80. The second-order valence-electron chi connectivity index (χ2n) is 9.36. The Kier molecular flexibility index (Phi) is 5.84. The summed E-state index contributed by atoms with van der Waals surface area (Å²) in [6.07, 6.45) is 7.33. The van der Waals surface area contributed by atoms with Crippen molar-refractivity contribution in [1.29, 1.82) is 0 Å². The Hall–Kier alpha value is -5.21. The van der Waals surface area contributed by atoms with Gasteiger partial charge in [0.1, 0.15) is 16.9 Å². The molecule has 5 aromatic heterocycles. The van der Waals surface area contributed by atoms with Gasteiger partial charge in [0.15, 0.2) is 5.82 Å². The second-order valence-corrected chi connectivity index (χ2v) is 9.36. The summed E-state index contributed by atoms with van der Waals surface area (Å²) in [6.45, 7) is 1.55. The highest BCUT2D eigenvalue weighted by Gasteiger charge is 2.17. The highest BCUT2D eigenvalue weighted by Crippen LogP contribution is 2.32. The van der Waals surface area contributed by atoms with Crippen molar-refractivity contribution in [1.82, 2.24) is 40.4 Å². The van der Waals surface area contributed by atoms with Gasteiger partial charge in [0.05, 0.1) is 16.7 Å². The van der Waals surface area contributed by atoms with Gasteiger partial charge in [-0.05, 0) is 53.1 Å². The van der Waals surface area contributed by atoms with Crippen LogP contribution in [0.4, 0.5) is 0 Å². The third kappa shape index (κ3) is 4.54. The lowest BCUT2D eigenvalue weighted by Crippen LogP contribution is -2.12. The van der Waals surface area contributed by atoms with Gasteiger partial charge in [0.2, 0.25) is 0 Å². The van der Waals surface area contributed by atoms with Gasteiger partial charge in [-0.2, -0.15) is 5.10 Å². The number of H-pyrrole nitrogens is 2. The van der Waals surface area contributed by atoms with Crippen LogP contribution in [-0.2, 0) is 13.1 Å². The van der Waals surface area contributed by atoms with E-state index in [1.54, 1.807) is 12.4 Å². The summed E-state index contributed by atoms with van der Waals surface area (Å²) in [5.74, 6) is 0.676. The largest absolute Gasteiger partial charge is 0.336 e. The molecule has 188 valence electrons. The fraction of sp³-hybridized carbons (Fsp3) is 0.0645. The first-order valence-electron chi connectivity index (χ1n) is 12.8. The standard InChI is InChI=1S/C31H24N8/c1-2-6-20(7-3-1)16-32-17-21-14-23(19-33-18-21)22-9-10-25-24(15-22)28(39-38-25)31-36-27-11-13-35-29(30(27)37-31)26-8-4-5-12-34-26/h1-15,18-19,32H,16-17H2,(H,36,37)(H,38,39). The molecule has 8 heteroatoms. The third-order valence-corrected chi connectivity index (χ3v) is 6.72. The van der Waals surface area contributed by atoms with Gasteiger partial charge in [-0.25, -0.2) is 4.98 Å². The molecule has 0 fully saturated rings. The summed E-state index contributed by atoms with van der Waals surface area (Å²) in [5, 5.41) is 12.2. The minimum absolute atomic E-state index is 0.676. The molecule has 0 atom stereocenters. The molecule has 7 rings (SSSR count). The number of nitrogens with zero attached hydrogens (tertiary/aromatic N) is 5. The molecule has 0 spiro atoms. The minimum atomic E-state index is 0.676. The highest BCUT2D eigenvalue weighted by atomic mass is 15.1. The fourth-order valence-electron chi connectivity index (χ4n) is 4.80. The maximum atomic E-state index is 4.90. The molecule has 7 aromatic rings. The Morgan fingerprint density at radius 3 is 2.49 bits per heavy atom. The van der Waals surface area contributed by atoms with Crippen LogP contribution < -0.4 is 5.32 Å². The van der Waals surface area contributed by atoms with Crippen LogP contribution in [0.3, 0.4) is 0 Å². The number of rotatable bonds is 7. The van der Waals surface area contributed by atoms with E-state index < -0.39 is 0 Å². The monoisotopic (exact) mass is 508 g/mol. The average Bonchev–Trinajstić information content (AvgIpc) is 3.62. The first kappa shape index (κ1) is 22.9. The van der Waals surface area contributed by atoms with E-state index >= 15 is 0 Å². The van der Waals surface area contributed by atoms with Crippen LogP contribution in [0.25, 0.3) is 56.0 Å². The predicted octanol–water partition coefficient (Wildman–Crippen LogP) is 5.92. The van der Waals surface area contributed by atoms with Crippen LogP contribution in [0.1, 0.15) is 11.1 Å². The molecule has 0 bridgehead atoms. The van der Waals surface area contributed by atoms with Gasteiger partial charge >= 0.3 is 0 Å². The number of imidazole rings is 1. The molecule has 0 aliphatic heterocycles. The van der Waals surface area contributed by atoms with Crippen molar-refractivity contribution in [3.05, 3.63) is 115 Å². The number of aromatic amines is 2. The van der Waals surface area contributed by atoms with Crippen LogP contribution >= 0.6 is 0 Å². The van der Waals surface area contributed by atoms with Crippen molar-refractivity contribution < 1.29 is 0 Å². The van der Waals surface area contributed by atoms with Crippen LogP contribution in [0.5, 0.6) is 0 Å². The zero-order chi connectivity index (χ0) is 26.0. The Labute approximate surface area is 224 Å². The molecule has 0 aliphatic rings. The number of aromatic nitrogens is 7. The van der Waals surface area contributed by atoms with Crippen LogP contribution in [-0.4, -0.2) is 35.1 Å². The smallest absolute Gasteiger partial charge is 0.159 e. The predicted molar refractivity (Wildman–Crippen MR) is 152 cm³/mol. The van der Waals surface area contributed by atoms with E-state index in [1.807, 2.05) is 48.8 Å². The quantitative estimate of drug-likeness (QED) is 0.247. The van der Waals surface area contributed by atoms with Crippen LogP contribution in [0.2, 0.25) is 0 Å². The van der Waals surface area contributed by atoms with E-state index in [-0.39, 0.29) is 0 Å². The minimum Gasteiger partial charge on any atom is -0.336 e. The lowest BCUT2D eigenvalue weighted by atomic mass is 10.0. The zero-order valence-corrected chi connectivity index (χ0v) is 21.0. The van der Waals surface area contributed by atoms with Gasteiger partial charge < -0.3 is 10.3 Å². The molecule has 3 N–H and O–H groups in total. The Balaban J connectivity index is 1.20. The topological polar surface area (TPSA) is 108 Å².